The molecule has 1 aliphatic carbocycles. The Kier molecular flexibility index (Phi) is 6.48. The van der Waals surface area contributed by atoms with Crippen molar-refractivity contribution in [3.63, 3.8) is 0 Å². The summed E-state index contributed by atoms with van der Waals surface area (Å²) in [5, 5.41) is 0. The van der Waals surface area contributed by atoms with Crippen LogP contribution >= 0.6 is 0 Å². The van der Waals surface area contributed by atoms with Gasteiger partial charge in [-0.15, -0.1) is 0 Å². The van der Waals surface area contributed by atoms with Gasteiger partial charge in [0.05, 0.1) is 5.41 Å². The lowest BCUT2D eigenvalue weighted by Gasteiger charge is -2.36. The molecule has 0 radical (unpaired) electrons. The molecule has 0 spiro atoms. The van der Waals surface area contributed by atoms with Crippen LogP contribution in [-0.4, -0.2) is 5.78 Å². The van der Waals surface area contributed by atoms with E-state index in [2.05, 4.69) is 37.3 Å². The lowest BCUT2D eigenvalue weighted by atomic mass is 9.66. The first-order valence-electron chi connectivity index (χ1n) is 8.88. The van der Waals surface area contributed by atoms with Crippen LogP contribution in [0.3, 0.4) is 0 Å². The van der Waals surface area contributed by atoms with Gasteiger partial charge in [0.2, 0.25) is 0 Å². The van der Waals surface area contributed by atoms with Gasteiger partial charge in [0, 0.05) is 6.42 Å². The van der Waals surface area contributed by atoms with Gasteiger partial charge in [0.15, 0.2) is 0 Å². The molecule has 0 N–H and O–H groups in total. The Bertz CT molecular complexity index is 415. The van der Waals surface area contributed by atoms with Gasteiger partial charge in [-0.3, -0.25) is 4.79 Å². The molecule has 0 unspecified atom stereocenters. The molecule has 0 amide bonds. The summed E-state index contributed by atoms with van der Waals surface area (Å²) in [6.07, 6.45) is 12.7. The van der Waals surface area contributed by atoms with Crippen molar-refractivity contribution < 1.29 is 4.79 Å². The Balaban J connectivity index is 2.01. The van der Waals surface area contributed by atoms with Crippen molar-refractivity contribution in [3.8, 4) is 0 Å². The van der Waals surface area contributed by atoms with Crippen molar-refractivity contribution in [3.05, 3.63) is 35.9 Å². The minimum Gasteiger partial charge on any atom is -0.299 e. The molecule has 1 fully saturated rings. The minimum absolute atomic E-state index is 0.162. The molecule has 1 nitrogen and oxygen atoms in total. The van der Waals surface area contributed by atoms with Crippen LogP contribution in [0.2, 0.25) is 0 Å². The summed E-state index contributed by atoms with van der Waals surface area (Å²) in [4.78, 5) is 13.0. The molecule has 0 aliphatic heterocycles. The summed E-state index contributed by atoms with van der Waals surface area (Å²) in [5.41, 5.74) is 1.10. The van der Waals surface area contributed by atoms with Crippen molar-refractivity contribution >= 4 is 5.78 Å². The van der Waals surface area contributed by atoms with Gasteiger partial charge in [-0.1, -0.05) is 82.2 Å². The molecule has 1 aromatic rings. The Morgan fingerprint density at radius 2 is 1.62 bits per heavy atom. The highest BCUT2D eigenvalue weighted by molar-refractivity contribution is 5.90. The maximum absolute atomic E-state index is 13.0. The molecule has 116 valence electrons. The van der Waals surface area contributed by atoms with E-state index in [1.807, 2.05) is 0 Å². The third kappa shape index (κ3) is 4.18. The summed E-state index contributed by atoms with van der Waals surface area (Å²) >= 11 is 0. The fourth-order valence-electron chi connectivity index (χ4n) is 3.77. The van der Waals surface area contributed by atoms with Gasteiger partial charge in [-0.2, -0.15) is 0 Å². The molecule has 0 atom stereocenters. The smallest absolute Gasteiger partial charge is 0.143 e. The van der Waals surface area contributed by atoms with Gasteiger partial charge in [0.1, 0.15) is 5.78 Å². The van der Waals surface area contributed by atoms with Crippen LogP contribution in [0, 0.1) is 0 Å². The second-order valence-electron chi connectivity index (χ2n) is 6.60. The SMILES string of the molecule is CCCCCCCC(=O)C1(c2ccccc2)CCCCC1. The number of hydrogen-bond donors (Lipinski definition) is 0. The highest BCUT2D eigenvalue weighted by atomic mass is 16.1. The quantitative estimate of drug-likeness (QED) is 0.550. The summed E-state index contributed by atoms with van der Waals surface area (Å²) in [5.74, 6) is 0.505. The van der Waals surface area contributed by atoms with Crippen LogP contribution in [0.4, 0.5) is 0 Å². The Hall–Kier alpha value is -1.11. The molecular weight excluding hydrogens is 256 g/mol. The van der Waals surface area contributed by atoms with Gasteiger partial charge in [-0.25, -0.2) is 0 Å². The van der Waals surface area contributed by atoms with Crippen LogP contribution in [0.1, 0.15) is 83.1 Å². The fourth-order valence-corrected chi connectivity index (χ4v) is 3.77. The average molecular weight is 286 g/mol. The van der Waals surface area contributed by atoms with Crippen LogP contribution in [0.5, 0.6) is 0 Å². The van der Waals surface area contributed by atoms with Crippen molar-refractivity contribution in [1.29, 1.82) is 0 Å². The number of carbonyl (C=O) groups excluding carboxylic acids is 1. The third-order valence-corrected chi connectivity index (χ3v) is 5.07. The number of rotatable bonds is 8. The van der Waals surface area contributed by atoms with E-state index in [-0.39, 0.29) is 5.41 Å². The first-order chi connectivity index (χ1) is 10.3. The maximum Gasteiger partial charge on any atom is 0.143 e. The van der Waals surface area contributed by atoms with E-state index in [0.29, 0.717) is 5.78 Å². The molecule has 0 heterocycles. The first kappa shape index (κ1) is 16.3. The van der Waals surface area contributed by atoms with E-state index < -0.39 is 0 Å². The van der Waals surface area contributed by atoms with E-state index in [0.717, 1.165) is 25.7 Å². The predicted molar refractivity (Wildman–Crippen MR) is 89.6 cm³/mol. The molecule has 1 heteroatoms. The highest BCUT2D eigenvalue weighted by Gasteiger charge is 2.39. The van der Waals surface area contributed by atoms with E-state index in [1.165, 1.54) is 50.5 Å². The maximum atomic E-state index is 13.0. The zero-order valence-electron chi connectivity index (χ0n) is 13.6. The number of ketones is 1. The number of unbranched alkanes of at least 4 members (excludes halogenated alkanes) is 4. The summed E-state index contributed by atoms with van der Waals surface area (Å²) < 4.78 is 0. The minimum atomic E-state index is -0.162. The normalized spacial score (nSPS) is 17.6. The molecule has 0 aromatic heterocycles. The highest BCUT2D eigenvalue weighted by Crippen LogP contribution is 2.41. The van der Waals surface area contributed by atoms with E-state index in [9.17, 15) is 4.79 Å². The summed E-state index contributed by atoms with van der Waals surface area (Å²) in [6, 6.07) is 10.6. The zero-order valence-corrected chi connectivity index (χ0v) is 13.6. The number of carbonyl (C=O) groups is 1. The van der Waals surface area contributed by atoms with Gasteiger partial charge < -0.3 is 0 Å². The van der Waals surface area contributed by atoms with Gasteiger partial charge in [0.25, 0.3) is 0 Å². The zero-order chi connectivity index (χ0) is 15.0. The molecule has 0 saturated heterocycles. The second kappa shape index (κ2) is 8.36. The van der Waals surface area contributed by atoms with Crippen LogP contribution in [0.15, 0.2) is 30.3 Å². The standard InChI is InChI=1S/C20H30O/c1-2-3-4-5-10-15-19(21)20(16-11-7-12-17-20)18-13-8-6-9-14-18/h6,8-9,13-14H,2-5,7,10-12,15-17H2,1H3. The Labute approximate surface area is 130 Å². The van der Waals surface area contributed by atoms with Crippen LogP contribution in [0.25, 0.3) is 0 Å². The van der Waals surface area contributed by atoms with Crippen LogP contribution in [-0.2, 0) is 10.2 Å². The van der Waals surface area contributed by atoms with Crippen molar-refractivity contribution in [2.75, 3.05) is 0 Å². The van der Waals surface area contributed by atoms with Crippen LogP contribution < -0.4 is 0 Å². The fraction of sp³-hybridized carbons (Fsp3) is 0.650. The van der Waals surface area contributed by atoms with Crippen molar-refractivity contribution in [1.82, 2.24) is 0 Å². The molecule has 1 aromatic carbocycles. The van der Waals surface area contributed by atoms with E-state index in [1.54, 1.807) is 0 Å². The first-order valence-corrected chi connectivity index (χ1v) is 8.88. The number of Topliss-reactive ketones (excluding diaryl/α,β-unsaturated/α-hetero) is 1. The summed E-state index contributed by atoms with van der Waals surface area (Å²) in [6.45, 7) is 2.23. The molecular formula is C20H30O. The monoisotopic (exact) mass is 286 g/mol. The van der Waals surface area contributed by atoms with E-state index >= 15 is 0 Å². The molecule has 1 saturated carbocycles. The largest absolute Gasteiger partial charge is 0.299 e. The molecule has 0 bridgehead atoms. The van der Waals surface area contributed by atoms with Gasteiger partial charge >= 0.3 is 0 Å². The topological polar surface area (TPSA) is 17.1 Å². The predicted octanol–water partition coefficient (Wildman–Crippen LogP) is 5.82. The number of benzene rings is 1. The lowest BCUT2D eigenvalue weighted by molar-refractivity contribution is -0.126. The van der Waals surface area contributed by atoms with Crippen molar-refractivity contribution in [2.24, 2.45) is 0 Å². The molecule has 2 rings (SSSR count). The van der Waals surface area contributed by atoms with Crippen molar-refractivity contribution in [2.45, 2.75) is 83.0 Å². The molecule has 21 heavy (non-hydrogen) atoms. The molecule has 1 aliphatic rings. The van der Waals surface area contributed by atoms with Gasteiger partial charge in [-0.05, 0) is 24.8 Å². The Morgan fingerprint density at radius 3 is 2.29 bits per heavy atom. The van der Waals surface area contributed by atoms with E-state index in [4.69, 9.17) is 0 Å². The number of hydrogen-bond acceptors (Lipinski definition) is 1. The lowest BCUT2D eigenvalue weighted by Crippen LogP contribution is -2.37. The average Bonchev–Trinajstić information content (AvgIpc) is 2.56. The Morgan fingerprint density at radius 1 is 0.952 bits per heavy atom. The third-order valence-electron chi connectivity index (χ3n) is 5.07. The second-order valence-corrected chi connectivity index (χ2v) is 6.60. The summed E-state index contributed by atoms with van der Waals surface area (Å²) in [7, 11) is 0.